The van der Waals surface area contributed by atoms with Crippen LogP contribution in [0.15, 0.2) is 48.8 Å². The molecule has 3 heterocycles. The lowest BCUT2D eigenvalue weighted by molar-refractivity contribution is 0.994. The second kappa shape index (κ2) is 5.17. The number of pyridine rings is 2. The van der Waals surface area contributed by atoms with Crippen LogP contribution in [0, 0.1) is 13.8 Å². The Kier molecular flexibility index (Phi) is 3.21. The second-order valence-electron chi connectivity index (χ2n) is 4.58. The van der Waals surface area contributed by atoms with Crippen molar-refractivity contribution >= 4 is 0 Å². The molecule has 4 heteroatoms. The van der Waals surface area contributed by atoms with E-state index in [0.29, 0.717) is 0 Å². The first-order valence-electron chi connectivity index (χ1n) is 6.44. The molecule has 3 rings (SSSR count). The molecule has 98 valence electrons. The molecule has 0 aliphatic rings. The number of rotatable bonds is 2. The molecule has 0 saturated heterocycles. The Labute approximate surface area is 117 Å². The van der Waals surface area contributed by atoms with Gasteiger partial charge in [0.2, 0.25) is 0 Å². The van der Waals surface area contributed by atoms with Crippen molar-refractivity contribution in [2.45, 2.75) is 13.8 Å². The van der Waals surface area contributed by atoms with Crippen LogP contribution in [0.25, 0.3) is 22.8 Å². The second-order valence-corrected chi connectivity index (χ2v) is 4.58. The molecule has 0 aromatic carbocycles. The fourth-order valence-electron chi connectivity index (χ4n) is 2.10. The van der Waals surface area contributed by atoms with Gasteiger partial charge in [-0.1, -0.05) is 12.1 Å². The van der Waals surface area contributed by atoms with E-state index >= 15 is 0 Å². The molecule has 0 bridgehead atoms. The summed E-state index contributed by atoms with van der Waals surface area (Å²) in [5.41, 5.74) is 5.49. The van der Waals surface area contributed by atoms with Crippen LogP contribution >= 0.6 is 0 Å². The van der Waals surface area contributed by atoms with Crippen LogP contribution < -0.4 is 0 Å². The Morgan fingerprint density at radius 3 is 1.45 bits per heavy atom. The quantitative estimate of drug-likeness (QED) is 0.711. The van der Waals surface area contributed by atoms with E-state index < -0.39 is 0 Å². The average Bonchev–Trinajstić information content (AvgIpc) is 2.52. The van der Waals surface area contributed by atoms with Gasteiger partial charge in [-0.3, -0.25) is 9.97 Å². The van der Waals surface area contributed by atoms with E-state index in [0.717, 1.165) is 33.9 Å². The van der Waals surface area contributed by atoms with Gasteiger partial charge in [0.1, 0.15) is 11.4 Å². The predicted octanol–water partition coefficient (Wildman–Crippen LogP) is 3.22. The third-order valence-corrected chi connectivity index (χ3v) is 3.34. The fourth-order valence-corrected chi connectivity index (χ4v) is 2.10. The van der Waals surface area contributed by atoms with Crippen molar-refractivity contribution < 1.29 is 0 Å². The highest BCUT2D eigenvalue weighted by Gasteiger charge is 2.13. The van der Waals surface area contributed by atoms with Crippen molar-refractivity contribution in [3.05, 3.63) is 59.9 Å². The standard InChI is InChI=1S/C16H14N4/c1-11-12(2)16(14-8-4-6-10-18-14)20-19-15(11)13-7-3-5-9-17-13/h3-10H,1-2H3. The van der Waals surface area contributed by atoms with Gasteiger partial charge >= 0.3 is 0 Å². The van der Waals surface area contributed by atoms with Crippen LogP contribution in [0.4, 0.5) is 0 Å². The molecule has 20 heavy (non-hydrogen) atoms. The van der Waals surface area contributed by atoms with E-state index in [9.17, 15) is 0 Å². The maximum absolute atomic E-state index is 4.34. The van der Waals surface area contributed by atoms with Gasteiger partial charge in [-0.2, -0.15) is 0 Å². The summed E-state index contributed by atoms with van der Waals surface area (Å²) in [6, 6.07) is 11.6. The Balaban J connectivity index is 2.13. The lowest BCUT2D eigenvalue weighted by Crippen LogP contribution is -2.01. The molecule has 0 N–H and O–H groups in total. The largest absolute Gasteiger partial charge is 0.255 e. The zero-order valence-corrected chi connectivity index (χ0v) is 11.4. The summed E-state index contributed by atoms with van der Waals surface area (Å²) in [6.45, 7) is 4.08. The molecule has 0 radical (unpaired) electrons. The van der Waals surface area contributed by atoms with Crippen LogP contribution in [0.3, 0.4) is 0 Å². The molecule has 3 aromatic heterocycles. The van der Waals surface area contributed by atoms with E-state index in [-0.39, 0.29) is 0 Å². The number of aromatic nitrogens is 4. The van der Waals surface area contributed by atoms with E-state index in [2.05, 4.69) is 20.2 Å². The first kappa shape index (κ1) is 12.4. The molecule has 0 spiro atoms. The molecule has 0 atom stereocenters. The van der Waals surface area contributed by atoms with Crippen molar-refractivity contribution in [1.82, 2.24) is 20.2 Å². The third-order valence-electron chi connectivity index (χ3n) is 3.34. The predicted molar refractivity (Wildman–Crippen MR) is 78.0 cm³/mol. The topological polar surface area (TPSA) is 51.6 Å². The molecule has 4 nitrogen and oxygen atoms in total. The highest BCUT2D eigenvalue weighted by Crippen LogP contribution is 2.26. The monoisotopic (exact) mass is 262 g/mol. The zero-order chi connectivity index (χ0) is 13.9. The maximum Gasteiger partial charge on any atom is 0.115 e. The summed E-state index contributed by atoms with van der Waals surface area (Å²) in [5.74, 6) is 0. The smallest absolute Gasteiger partial charge is 0.115 e. The van der Waals surface area contributed by atoms with Crippen LogP contribution in [0.5, 0.6) is 0 Å². The molecule has 0 amide bonds. The van der Waals surface area contributed by atoms with Crippen molar-refractivity contribution in [1.29, 1.82) is 0 Å². The van der Waals surface area contributed by atoms with Gasteiger partial charge in [0.25, 0.3) is 0 Å². The van der Waals surface area contributed by atoms with Crippen LogP contribution in [0.1, 0.15) is 11.1 Å². The van der Waals surface area contributed by atoms with E-state index in [1.807, 2.05) is 50.2 Å². The Morgan fingerprint density at radius 2 is 1.10 bits per heavy atom. The summed E-state index contributed by atoms with van der Waals surface area (Å²) >= 11 is 0. The summed E-state index contributed by atoms with van der Waals surface area (Å²) in [6.07, 6.45) is 3.52. The van der Waals surface area contributed by atoms with E-state index in [1.54, 1.807) is 12.4 Å². The summed E-state index contributed by atoms with van der Waals surface area (Å²) < 4.78 is 0. The zero-order valence-electron chi connectivity index (χ0n) is 11.4. The summed E-state index contributed by atoms with van der Waals surface area (Å²) in [5, 5.41) is 8.67. The van der Waals surface area contributed by atoms with Gasteiger partial charge in [-0.15, -0.1) is 10.2 Å². The van der Waals surface area contributed by atoms with Crippen LogP contribution in [0.2, 0.25) is 0 Å². The van der Waals surface area contributed by atoms with E-state index in [4.69, 9.17) is 0 Å². The van der Waals surface area contributed by atoms with Crippen molar-refractivity contribution in [3.63, 3.8) is 0 Å². The average molecular weight is 262 g/mol. The minimum Gasteiger partial charge on any atom is -0.255 e. The molecule has 0 fully saturated rings. The molecule has 0 unspecified atom stereocenters. The van der Waals surface area contributed by atoms with Gasteiger partial charge in [0, 0.05) is 12.4 Å². The van der Waals surface area contributed by atoms with Crippen molar-refractivity contribution in [2.24, 2.45) is 0 Å². The SMILES string of the molecule is Cc1c(-c2ccccn2)nnc(-c2ccccn2)c1C. The Bertz CT molecular complexity index is 660. The number of hydrogen-bond donors (Lipinski definition) is 0. The Morgan fingerprint density at radius 1 is 0.650 bits per heavy atom. The van der Waals surface area contributed by atoms with Crippen LogP contribution in [-0.2, 0) is 0 Å². The fraction of sp³-hybridized carbons (Fsp3) is 0.125. The number of hydrogen-bond acceptors (Lipinski definition) is 4. The highest BCUT2D eigenvalue weighted by molar-refractivity contribution is 5.66. The molecule has 0 aliphatic heterocycles. The summed E-state index contributed by atoms with van der Waals surface area (Å²) in [4.78, 5) is 8.67. The van der Waals surface area contributed by atoms with Gasteiger partial charge in [0.15, 0.2) is 0 Å². The lowest BCUT2D eigenvalue weighted by atomic mass is 10.0. The molecule has 3 aromatic rings. The minimum absolute atomic E-state index is 0.822. The maximum atomic E-state index is 4.34. The van der Waals surface area contributed by atoms with Gasteiger partial charge < -0.3 is 0 Å². The normalized spacial score (nSPS) is 10.5. The third kappa shape index (κ3) is 2.16. The Hall–Kier alpha value is -2.62. The highest BCUT2D eigenvalue weighted by atomic mass is 15.1. The molecule has 0 aliphatic carbocycles. The molecular weight excluding hydrogens is 248 g/mol. The van der Waals surface area contributed by atoms with Crippen LogP contribution in [-0.4, -0.2) is 20.2 Å². The van der Waals surface area contributed by atoms with Gasteiger partial charge in [0.05, 0.1) is 11.4 Å². The van der Waals surface area contributed by atoms with E-state index in [1.165, 1.54) is 0 Å². The molecular formula is C16H14N4. The lowest BCUT2D eigenvalue weighted by Gasteiger charge is -2.10. The first-order chi connectivity index (χ1) is 9.77. The minimum atomic E-state index is 0.822. The molecule has 0 saturated carbocycles. The van der Waals surface area contributed by atoms with Gasteiger partial charge in [-0.25, -0.2) is 0 Å². The van der Waals surface area contributed by atoms with Crippen molar-refractivity contribution in [3.8, 4) is 22.8 Å². The van der Waals surface area contributed by atoms with Crippen molar-refractivity contribution in [2.75, 3.05) is 0 Å². The first-order valence-corrected chi connectivity index (χ1v) is 6.44. The summed E-state index contributed by atoms with van der Waals surface area (Å²) in [7, 11) is 0. The van der Waals surface area contributed by atoms with Gasteiger partial charge in [-0.05, 0) is 49.2 Å². The number of nitrogens with zero attached hydrogens (tertiary/aromatic N) is 4.